The minimum Gasteiger partial charge on any atom is -0.393 e. The fourth-order valence-electron chi connectivity index (χ4n) is 3.27. The standard InChI is InChI=1S/C16H24O/c1-12-9-10-14(15(17)11-12)16(2,3)13-7-5-4-6-8-13/h4-8,12,14-15,17H,9-11H2,1-3H3/t12-,14?,15?/m0/s1. The molecule has 1 aromatic carbocycles. The zero-order valence-corrected chi connectivity index (χ0v) is 11.2. The van der Waals surface area contributed by atoms with Crippen molar-refractivity contribution in [3.8, 4) is 0 Å². The highest BCUT2D eigenvalue weighted by molar-refractivity contribution is 5.25. The minimum atomic E-state index is -0.144. The van der Waals surface area contributed by atoms with Gasteiger partial charge in [0, 0.05) is 0 Å². The first kappa shape index (κ1) is 12.6. The molecule has 0 radical (unpaired) electrons. The van der Waals surface area contributed by atoms with Crippen molar-refractivity contribution in [3.05, 3.63) is 35.9 Å². The monoisotopic (exact) mass is 232 g/mol. The van der Waals surface area contributed by atoms with Crippen LogP contribution in [0.25, 0.3) is 0 Å². The Hall–Kier alpha value is -0.820. The summed E-state index contributed by atoms with van der Waals surface area (Å²) in [5.74, 6) is 1.06. The summed E-state index contributed by atoms with van der Waals surface area (Å²) in [7, 11) is 0. The van der Waals surface area contributed by atoms with Crippen molar-refractivity contribution in [1.82, 2.24) is 0 Å². The van der Waals surface area contributed by atoms with Gasteiger partial charge in [0.25, 0.3) is 0 Å². The molecule has 1 fully saturated rings. The molecule has 1 N–H and O–H groups in total. The number of hydrogen-bond acceptors (Lipinski definition) is 1. The average Bonchev–Trinajstić information content (AvgIpc) is 2.29. The van der Waals surface area contributed by atoms with E-state index in [0.29, 0.717) is 11.8 Å². The van der Waals surface area contributed by atoms with E-state index in [1.807, 2.05) is 0 Å². The van der Waals surface area contributed by atoms with Gasteiger partial charge in [0.15, 0.2) is 0 Å². The molecular formula is C16H24O. The maximum absolute atomic E-state index is 10.3. The van der Waals surface area contributed by atoms with Gasteiger partial charge in [-0.15, -0.1) is 0 Å². The molecule has 0 amide bonds. The minimum absolute atomic E-state index is 0.0703. The highest BCUT2D eigenvalue weighted by Gasteiger charge is 2.38. The van der Waals surface area contributed by atoms with Gasteiger partial charge in [-0.1, -0.05) is 57.5 Å². The molecule has 0 saturated heterocycles. The Kier molecular flexibility index (Phi) is 3.58. The Labute approximate surface area is 105 Å². The van der Waals surface area contributed by atoms with Crippen LogP contribution in [0.2, 0.25) is 0 Å². The van der Waals surface area contributed by atoms with Gasteiger partial charge in [0.2, 0.25) is 0 Å². The lowest BCUT2D eigenvalue weighted by Crippen LogP contribution is -2.41. The van der Waals surface area contributed by atoms with Gasteiger partial charge >= 0.3 is 0 Å². The third kappa shape index (κ3) is 2.55. The van der Waals surface area contributed by atoms with Crippen molar-refractivity contribution < 1.29 is 5.11 Å². The van der Waals surface area contributed by atoms with Crippen LogP contribution in [-0.2, 0) is 5.41 Å². The fourth-order valence-corrected chi connectivity index (χ4v) is 3.27. The summed E-state index contributed by atoms with van der Waals surface area (Å²) in [6, 6.07) is 10.6. The SMILES string of the molecule is C[C@H]1CCC(C(C)(C)c2ccccc2)C(O)C1. The van der Waals surface area contributed by atoms with Crippen LogP contribution in [0, 0.1) is 11.8 Å². The fraction of sp³-hybridized carbons (Fsp3) is 0.625. The molecule has 94 valence electrons. The van der Waals surface area contributed by atoms with Crippen molar-refractivity contribution in [3.63, 3.8) is 0 Å². The van der Waals surface area contributed by atoms with E-state index < -0.39 is 0 Å². The van der Waals surface area contributed by atoms with E-state index in [-0.39, 0.29) is 11.5 Å². The second-order valence-corrected chi connectivity index (χ2v) is 6.18. The number of hydrogen-bond donors (Lipinski definition) is 1. The number of aliphatic hydroxyl groups excluding tert-OH is 1. The molecule has 1 aliphatic carbocycles. The Bertz CT molecular complexity index is 355. The summed E-state index contributed by atoms with van der Waals surface area (Å²) in [6.07, 6.45) is 3.21. The van der Waals surface area contributed by atoms with Gasteiger partial charge in [-0.25, -0.2) is 0 Å². The summed E-state index contributed by atoms with van der Waals surface area (Å²) in [5, 5.41) is 10.3. The van der Waals surface area contributed by atoms with Crippen LogP contribution in [-0.4, -0.2) is 11.2 Å². The van der Waals surface area contributed by atoms with E-state index in [9.17, 15) is 5.11 Å². The molecule has 1 aliphatic rings. The molecule has 2 rings (SSSR count). The Morgan fingerprint density at radius 2 is 1.76 bits per heavy atom. The van der Waals surface area contributed by atoms with Gasteiger partial charge < -0.3 is 5.11 Å². The second kappa shape index (κ2) is 4.81. The van der Waals surface area contributed by atoms with Gasteiger partial charge in [-0.2, -0.15) is 0 Å². The molecule has 1 heteroatoms. The van der Waals surface area contributed by atoms with E-state index in [0.717, 1.165) is 12.8 Å². The zero-order valence-electron chi connectivity index (χ0n) is 11.2. The van der Waals surface area contributed by atoms with Gasteiger partial charge in [0.1, 0.15) is 0 Å². The average molecular weight is 232 g/mol. The Balaban J connectivity index is 2.21. The maximum Gasteiger partial charge on any atom is 0.0579 e. The van der Waals surface area contributed by atoms with Crippen molar-refractivity contribution >= 4 is 0 Å². The van der Waals surface area contributed by atoms with E-state index in [1.165, 1.54) is 12.0 Å². The summed E-state index contributed by atoms with van der Waals surface area (Å²) >= 11 is 0. The van der Waals surface area contributed by atoms with Crippen molar-refractivity contribution in [2.24, 2.45) is 11.8 Å². The zero-order chi connectivity index (χ0) is 12.5. The second-order valence-electron chi connectivity index (χ2n) is 6.18. The smallest absolute Gasteiger partial charge is 0.0579 e. The molecule has 1 aromatic rings. The highest BCUT2D eigenvalue weighted by atomic mass is 16.3. The van der Waals surface area contributed by atoms with E-state index >= 15 is 0 Å². The van der Waals surface area contributed by atoms with Crippen LogP contribution in [0.15, 0.2) is 30.3 Å². The molecule has 0 aromatic heterocycles. The summed E-state index contributed by atoms with van der Waals surface area (Å²) in [4.78, 5) is 0. The molecule has 1 nitrogen and oxygen atoms in total. The van der Waals surface area contributed by atoms with Crippen molar-refractivity contribution in [2.75, 3.05) is 0 Å². The lowest BCUT2D eigenvalue weighted by Gasteiger charge is -2.42. The number of aliphatic hydroxyl groups is 1. The lowest BCUT2D eigenvalue weighted by atomic mass is 9.64. The number of rotatable bonds is 2. The first-order valence-electron chi connectivity index (χ1n) is 6.75. The predicted molar refractivity (Wildman–Crippen MR) is 72.0 cm³/mol. The van der Waals surface area contributed by atoms with E-state index in [2.05, 4.69) is 51.1 Å². The molecule has 0 aliphatic heterocycles. The van der Waals surface area contributed by atoms with Crippen molar-refractivity contribution in [2.45, 2.75) is 51.6 Å². The van der Waals surface area contributed by atoms with Crippen LogP contribution in [0.3, 0.4) is 0 Å². The predicted octanol–water partition coefficient (Wildman–Crippen LogP) is 3.76. The van der Waals surface area contributed by atoms with Crippen LogP contribution in [0.4, 0.5) is 0 Å². The molecule has 0 bridgehead atoms. The summed E-state index contributed by atoms with van der Waals surface area (Å²) in [5.41, 5.74) is 1.42. The molecule has 0 heterocycles. The van der Waals surface area contributed by atoms with Gasteiger partial charge in [-0.05, 0) is 35.7 Å². The van der Waals surface area contributed by atoms with Gasteiger partial charge in [0.05, 0.1) is 6.10 Å². The molecular weight excluding hydrogens is 208 g/mol. The lowest BCUT2D eigenvalue weighted by molar-refractivity contribution is 0.0143. The molecule has 2 unspecified atom stereocenters. The first-order valence-corrected chi connectivity index (χ1v) is 6.75. The topological polar surface area (TPSA) is 20.2 Å². The Morgan fingerprint density at radius 1 is 1.12 bits per heavy atom. The molecule has 3 atom stereocenters. The molecule has 0 spiro atoms. The van der Waals surface area contributed by atoms with Crippen LogP contribution < -0.4 is 0 Å². The molecule has 1 saturated carbocycles. The maximum atomic E-state index is 10.3. The number of benzene rings is 1. The third-order valence-corrected chi connectivity index (χ3v) is 4.52. The highest BCUT2D eigenvalue weighted by Crippen LogP contribution is 2.42. The van der Waals surface area contributed by atoms with Crippen molar-refractivity contribution in [1.29, 1.82) is 0 Å². The van der Waals surface area contributed by atoms with E-state index in [4.69, 9.17) is 0 Å². The van der Waals surface area contributed by atoms with Crippen LogP contribution in [0.5, 0.6) is 0 Å². The first-order chi connectivity index (χ1) is 8.01. The van der Waals surface area contributed by atoms with Gasteiger partial charge in [-0.3, -0.25) is 0 Å². The molecule has 17 heavy (non-hydrogen) atoms. The van der Waals surface area contributed by atoms with Crippen LogP contribution in [0.1, 0.15) is 45.6 Å². The van der Waals surface area contributed by atoms with E-state index in [1.54, 1.807) is 0 Å². The largest absolute Gasteiger partial charge is 0.393 e. The van der Waals surface area contributed by atoms with Crippen LogP contribution >= 0.6 is 0 Å². The normalized spacial score (nSPS) is 30.2. The summed E-state index contributed by atoms with van der Waals surface area (Å²) < 4.78 is 0. The summed E-state index contributed by atoms with van der Waals surface area (Å²) in [6.45, 7) is 6.79. The Morgan fingerprint density at radius 3 is 2.35 bits per heavy atom. The third-order valence-electron chi connectivity index (χ3n) is 4.52. The quantitative estimate of drug-likeness (QED) is 0.823.